The van der Waals surface area contributed by atoms with Crippen molar-refractivity contribution in [3.63, 3.8) is 0 Å². The van der Waals surface area contributed by atoms with Gasteiger partial charge in [0.2, 0.25) is 5.91 Å². The van der Waals surface area contributed by atoms with Crippen LogP contribution >= 0.6 is 50.7 Å². The van der Waals surface area contributed by atoms with Gasteiger partial charge < -0.3 is 15.8 Å². The number of anilines is 2. The molecule has 11 heteroatoms. The van der Waals surface area contributed by atoms with E-state index in [1.54, 1.807) is 18.2 Å². The molecule has 1 atom stereocenters. The van der Waals surface area contributed by atoms with Crippen LogP contribution in [0.5, 0.6) is 0 Å². The van der Waals surface area contributed by atoms with Gasteiger partial charge in [-0.25, -0.2) is 4.79 Å². The molecule has 3 aliphatic rings. The maximum absolute atomic E-state index is 14.0. The summed E-state index contributed by atoms with van der Waals surface area (Å²) in [4.78, 5) is 43.0. The predicted octanol–water partition coefficient (Wildman–Crippen LogP) is 6.11. The maximum atomic E-state index is 14.0. The number of hydrogen-bond donors (Lipinski definition) is 2. The smallest absolute Gasteiger partial charge is 0.339 e. The SMILES string of the molecule is COC(=O)C1=C(N)N(c2cc(Cl)c(Cl)cc2Cl)C2=C(C(=O)CC(C)(C)C2)C12C(=O)Nc1ccc(Br)cc12. The molecule has 37 heavy (non-hydrogen) atoms. The summed E-state index contributed by atoms with van der Waals surface area (Å²) in [6.07, 6.45) is 0.514. The largest absolute Gasteiger partial charge is 0.466 e. The second-order valence-corrected chi connectivity index (χ2v) is 12.1. The van der Waals surface area contributed by atoms with Crippen molar-refractivity contribution in [3.8, 4) is 0 Å². The number of nitrogens with zero attached hydrogens (tertiary/aromatic N) is 1. The summed E-state index contributed by atoms with van der Waals surface area (Å²) in [5.74, 6) is -1.81. The van der Waals surface area contributed by atoms with E-state index in [-0.39, 0.29) is 44.2 Å². The third kappa shape index (κ3) is 3.72. The maximum Gasteiger partial charge on any atom is 0.339 e. The number of allylic oxidation sites excluding steroid dienone is 1. The lowest BCUT2D eigenvalue weighted by molar-refractivity contribution is -0.138. The molecule has 0 fully saturated rings. The molecule has 0 saturated carbocycles. The average Bonchev–Trinajstić information content (AvgIpc) is 3.07. The molecule has 2 aromatic rings. The molecule has 2 heterocycles. The number of halogens is 4. The molecule has 7 nitrogen and oxygen atoms in total. The number of carbonyl (C=O) groups is 3. The van der Waals surface area contributed by atoms with Crippen LogP contribution in [0, 0.1) is 5.41 Å². The van der Waals surface area contributed by atoms with E-state index in [4.69, 9.17) is 45.3 Å². The van der Waals surface area contributed by atoms with Crippen molar-refractivity contribution < 1.29 is 19.1 Å². The lowest BCUT2D eigenvalue weighted by atomic mass is 9.60. The molecule has 3 N–H and O–H groups in total. The van der Waals surface area contributed by atoms with Gasteiger partial charge in [0.15, 0.2) is 5.78 Å². The Hall–Kier alpha value is -2.52. The summed E-state index contributed by atoms with van der Waals surface area (Å²) in [5.41, 5.74) is 6.11. The van der Waals surface area contributed by atoms with Gasteiger partial charge in [0.1, 0.15) is 16.8 Å². The zero-order valence-electron chi connectivity index (χ0n) is 20.0. The van der Waals surface area contributed by atoms with Crippen LogP contribution in [0.25, 0.3) is 0 Å². The molecule has 0 bridgehead atoms. The fourth-order valence-electron chi connectivity index (χ4n) is 5.57. The number of methoxy groups -OCH3 is 1. The molecule has 0 radical (unpaired) electrons. The Labute approximate surface area is 236 Å². The number of fused-ring (bicyclic) bond motifs is 3. The molecule has 2 aromatic carbocycles. The van der Waals surface area contributed by atoms with Crippen LogP contribution in [0.4, 0.5) is 11.4 Å². The van der Waals surface area contributed by atoms with Gasteiger partial charge in [-0.2, -0.15) is 0 Å². The molecule has 5 rings (SSSR count). The minimum atomic E-state index is -1.82. The topological polar surface area (TPSA) is 102 Å². The van der Waals surface area contributed by atoms with Crippen LogP contribution in [-0.2, 0) is 24.5 Å². The first-order chi connectivity index (χ1) is 17.3. The van der Waals surface area contributed by atoms with Crippen LogP contribution < -0.4 is 16.0 Å². The minimum absolute atomic E-state index is 0.0978. The van der Waals surface area contributed by atoms with Crippen molar-refractivity contribution in [2.45, 2.75) is 32.1 Å². The van der Waals surface area contributed by atoms with Crippen LogP contribution in [0.15, 0.2) is 57.5 Å². The van der Waals surface area contributed by atoms with Crippen molar-refractivity contribution in [1.82, 2.24) is 0 Å². The molecule has 1 spiro atoms. The Kier molecular flexibility index (Phi) is 6.18. The average molecular weight is 626 g/mol. The van der Waals surface area contributed by atoms with Gasteiger partial charge in [-0.15, -0.1) is 0 Å². The lowest BCUT2D eigenvalue weighted by Crippen LogP contribution is -2.54. The van der Waals surface area contributed by atoms with E-state index in [2.05, 4.69) is 21.2 Å². The highest BCUT2D eigenvalue weighted by Gasteiger charge is 2.63. The van der Waals surface area contributed by atoms with E-state index in [1.165, 1.54) is 24.1 Å². The standard InChI is InChI=1S/C26H21BrCl3N3O4/c1-25(2)9-18-20(19(34)10-25)26(12-6-11(27)4-5-16(12)32-24(26)36)21(23(35)37-3)22(31)33(18)17-8-14(29)13(28)7-15(17)30/h4-8H,9-10,31H2,1-3H3,(H,32,36). The quantitative estimate of drug-likeness (QED) is 0.309. The van der Waals surface area contributed by atoms with Crippen molar-refractivity contribution in [3.05, 3.63) is 78.1 Å². The summed E-state index contributed by atoms with van der Waals surface area (Å²) in [7, 11) is 1.19. The number of amides is 1. The minimum Gasteiger partial charge on any atom is -0.466 e. The van der Waals surface area contributed by atoms with Gasteiger partial charge in [-0.3, -0.25) is 14.5 Å². The van der Waals surface area contributed by atoms with E-state index in [1.807, 2.05) is 13.8 Å². The molecule has 192 valence electrons. The van der Waals surface area contributed by atoms with Crippen LogP contribution in [0.3, 0.4) is 0 Å². The number of nitrogens with two attached hydrogens (primary N) is 1. The monoisotopic (exact) mass is 623 g/mol. The Morgan fingerprint density at radius 1 is 1.08 bits per heavy atom. The molecule has 0 saturated heterocycles. The number of esters is 1. The lowest BCUT2D eigenvalue weighted by Gasteiger charge is -2.47. The van der Waals surface area contributed by atoms with E-state index < -0.39 is 22.7 Å². The first-order valence-electron chi connectivity index (χ1n) is 11.2. The second-order valence-electron chi connectivity index (χ2n) is 9.96. The number of carbonyl (C=O) groups excluding carboxylic acids is 3. The summed E-state index contributed by atoms with van der Waals surface area (Å²) in [6.45, 7) is 3.90. The molecule has 2 aliphatic heterocycles. The summed E-state index contributed by atoms with van der Waals surface area (Å²) < 4.78 is 5.80. The second kappa shape index (κ2) is 8.76. The molecule has 1 aliphatic carbocycles. The highest BCUT2D eigenvalue weighted by Crippen LogP contribution is 2.58. The number of hydrogen-bond acceptors (Lipinski definition) is 6. The van der Waals surface area contributed by atoms with Crippen molar-refractivity contribution >= 4 is 79.8 Å². The highest BCUT2D eigenvalue weighted by molar-refractivity contribution is 9.10. The Balaban J connectivity index is 1.96. The van der Waals surface area contributed by atoms with Gasteiger partial charge in [0, 0.05) is 33.4 Å². The van der Waals surface area contributed by atoms with Gasteiger partial charge in [-0.05, 0) is 42.2 Å². The molecule has 1 unspecified atom stereocenters. The summed E-state index contributed by atoms with van der Waals surface area (Å²) >= 11 is 22.6. The number of nitrogens with one attached hydrogen (secondary N) is 1. The van der Waals surface area contributed by atoms with Crippen LogP contribution in [-0.4, -0.2) is 24.8 Å². The first kappa shape index (κ1) is 26.1. The zero-order chi connectivity index (χ0) is 27.0. The Morgan fingerprint density at radius 2 is 1.76 bits per heavy atom. The molecule has 1 amide bonds. The van der Waals surface area contributed by atoms with E-state index in [0.29, 0.717) is 33.5 Å². The number of ketones is 1. The van der Waals surface area contributed by atoms with Gasteiger partial charge in [0.05, 0.1) is 27.9 Å². The zero-order valence-corrected chi connectivity index (χ0v) is 23.8. The third-order valence-corrected chi connectivity index (χ3v) is 8.48. The van der Waals surface area contributed by atoms with Gasteiger partial charge in [0.25, 0.3) is 0 Å². The van der Waals surface area contributed by atoms with Crippen molar-refractivity contribution in [2.24, 2.45) is 11.1 Å². The van der Waals surface area contributed by atoms with E-state index >= 15 is 0 Å². The number of benzene rings is 2. The van der Waals surface area contributed by atoms with Crippen LogP contribution in [0.1, 0.15) is 32.3 Å². The molecule has 0 aromatic heterocycles. The summed E-state index contributed by atoms with van der Waals surface area (Å²) in [5, 5.41) is 3.46. The predicted molar refractivity (Wildman–Crippen MR) is 147 cm³/mol. The first-order valence-corrected chi connectivity index (χ1v) is 13.2. The normalized spacial score (nSPS) is 22.3. The fraction of sp³-hybridized carbons (Fsp3) is 0.269. The van der Waals surface area contributed by atoms with Gasteiger partial charge in [-0.1, -0.05) is 64.6 Å². The molecular weight excluding hydrogens is 605 g/mol. The number of rotatable bonds is 2. The van der Waals surface area contributed by atoms with Gasteiger partial charge >= 0.3 is 5.97 Å². The summed E-state index contributed by atoms with van der Waals surface area (Å²) in [6, 6.07) is 8.15. The number of ether oxygens (including phenoxy) is 1. The van der Waals surface area contributed by atoms with E-state index in [0.717, 1.165) is 0 Å². The Morgan fingerprint density at radius 3 is 2.43 bits per heavy atom. The number of Topliss-reactive ketones (excluding diaryl/α,β-unsaturated/α-hetero) is 1. The van der Waals surface area contributed by atoms with Crippen LogP contribution in [0.2, 0.25) is 15.1 Å². The third-order valence-electron chi connectivity index (χ3n) is 6.96. The fourth-order valence-corrected chi connectivity index (χ4v) is 6.55. The van der Waals surface area contributed by atoms with E-state index in [9.17, 15) is 14.4 Å². The highest BCUT2D eigenvalue weighted by atomic mass is 79.9. The van der Waals surface area contributed by atoms with Crippen molar-refractivity contribution in [1.29, 1.82) is 0 Å². The molecular formula is C26H21BrCl3N3O4. The van der Waals surface area contributed by atoms with Crippen molar-refractivity contribution in [2.75, 3.05) is 17.3 Å². The Bertz CT molecular complexity index is 1500.